The van der Waals surface area contributed by atoms with E-state index in [1.807, 2.05) is 42.5 Å². The Kier molecular flexibility index (Phi) is 4.61. The Labute approximate surface area is 152 Å². The molecule has 0 aliphatic carbocycles. The monoisotopic (exact) mass is 352 g/mol. The van der Waals surface area contributed by atoms with Crippen molar-refractivity contribution >= 4 is 17.9 Å². The third kappa shape index (κ3) is 3.43. The van der Waals surface area contributed by atoms with E-state index in [1.54, 1.807) is 12.1 Å². The molecule has 2 bridgehead atoms. The normalized spacial score (nSPS) is 23.1. The van der Waals surface area contributed by atoms with E-state index in [-0.39, 0.29) is 17.8 Å². The summed E-state index contributed by atoms with van der Waals surface area (Å²) in [7, 11) is 0. The molecule has 3 heterocycles. The predicted octanol–water partition coefficient (Wildman–Crippen LogP) is 4.51. The van der Waals surface area contributed by atoms with Crippen molar-refractivity contribution in [2.24, 2.45) is 5.92 Å². The van der Waals surface area contributed by atoms with E-state index in [4.69, 9.17) is 4.74 Å². The highest BCUT2D eigenvalue weighted by Gasteiger charge is 2.40. The number of anilines is 1. The number of ether oxygens (including phenoxy) is 1. The molecular weight excluding hydrogens is 331 g/mol. The number of hydrogen-bond acceptors (Lipinski definition) is 3. The van der Waals surface area contributed by atoms with Crippen molar-refractivity contribution in [1.82, 2.24) is 4.90 Å². The molecule has 3 aliphatic heterocycles. The van der Waals surface area contributed by atoms with Crippen LogP contribution in [0.2, 0.25) is 0 Å². The number of hydrogen-bond donors (Lipinski definition) is 1. The second kappa shape index (κ2) is 7.20. The maximum atomic E-state index is 14.1. The molecule has 1 amide bonds. The van der Waals surface area contributed by atoms with Gasteiger partial charge in [-0.3, -0.25) is 5.32 Å². The molecule has 0 radical (unpaired) electrons. The summed E-state index contributed by atoms with van der Waals surface area (Å²) in [6.07, 6.45) is 2.96. The van der Waals surface area contributed by atoms with Gasteiger partial charge in [0.2, 0.25) is 0 Å². The first-order valence-electron chi connectivity index (χ1n) is 8.94. The molecule has 1 N–H and O–H groups in total. The summed E-state index contributed by atoms with van der Waals surface area (Å²) in [5, 5.41) is 2.76. The smallest absolute Gasteiger partial charge is 0.412 e. The van der Waals surface area contributed by atoms with Gasteiger partial charge in [0.05, 0.1) is 5.70 Å². The lowest BCUT2D eigenvalue weighted by Crippen LogP contribution is -2.50. The number of nitrogens with zero attached hydrogens (tertiary/aromatic N) is 1. The lowest BCUT2D eigenvalue weighted by molar-refractivity contribution is 0.0103. The van der Waals surface area contributed by atoms with Crippen molar-refractivity contribution in [3.8, 4) is 0 Å². The first kappa shape index (κ1) is 16.6. The molecule has 26 heavy (non-hydrogen) atoms. The van der Waals surface area contributed by atoms with Gasteiger partial charge in [-0.1, -0.05) is 36.4 Å². The second-order valence-electron chi connectivity index (χ2n) is 6.73. The Morgan fingerprint density at radius 3 is 2.50 bits per heavy atom. The van der Waals surface area contributed by atoms with Crippen LogP contribution in [0.3, 0.4) is 0 Å². The molecule has 4 nitrogen and oxygen atoms in total. The molecule has 2 aromatic carbocycles. The molecule has 1 atom stereocenters. The van der Waals surface area contributed by atoms with E-state index in [0.29, 0.717) is 11.3 Å². The number of carbonyl (C=O) groups excluding carboxylic acids is 1. The number of amides is 1. The van der Waals surface area contributed by atoms with Crippen LogP contribution in [0.4, 0.5) is 14.9 Å². The van der Waals surface area contributed by atoms with Crippen LogP contribution in [0, 0.1) is 11.7 Å². The average molecular weight is 352 g/mol. The zero-order valence-corrected chi connectivity index (χ0v) is 14.4. The Morgan fingerprint density at radius 1 is 1.08 bits per heavy atom. The minimum absolute atomic E-state index is 0.268. The zero-order chi connectivity index (χ0) is 17.9. The van der Waals surface area contributed by atoms with Gasteiger partial charge in [-0.25, -0.2) is 9.18 Å². The van der Waals surface area contributed by atoms with E-state index in [2.05, 4.69) is 10.2 Å². The van der Waals surface area contributed by atoms with Crippen LogP contribution >= 0.6 is 0 Å². The topological polar surface area (TPSA) is 41.6 Å². The molecule has 0 spiro atoms. The minimum Gasteiger partial charge on any atom is -0.439 e. The van der Waals surface area contributed by atoms with E-state index in [0.717, 1.165) is 31.6 Å². The number of para-hydroxylation sites is 1. The van der Waals surface area contributed by atoms with Crippen LogP contribution < -0.4 is 5.32 Å². The third-order valence-corrected chi connectivity index (χ3v) is 5.09. The van der Waals surface area contributed by atoms with Gasteiger partial charge in [0.25, 0.3) is 0 Å². The number of carbonyl (C=O) groups is 1. The Hall–Kier alpha value is -2.82. The molecule has 0 unspecified atom stereocenters. The summed E-state index contributed by atoms with van der Waals surface area (Å²) in [5.74, 6) is 0.00896. The summed E-state index contributed by atoms with van der Waals surface area (Å²) < 4.78 is 19.9. The van der Waals surface area contributed by atoms with Crippen LogP contribution in [0.15, 0.2) is 60.3 Å². The molecular formula is C21H21FN2O2. The summed E-state index contributed by atoms with van der Waals surface area (Å²) >= 11 is 0. The second-order valence-corrected chi connectivity index (χ2v) is 6.73. The molecule has 2 aromatic rings. The Morgan fingerprint density at radius 2 is 1.77 bits per heavy atom. The quantitative estimate of drug-likeness (QED) is 0.884. The molecule has 3 fully saturated rings. The molecule has 0 aromatic heterocycles. The van der Waals surface area contributed by atoms with Crippen molar-refractivity contribution < 1.29 is 13.9 Å². The summed E-state index contributed by atoms with van der Waals surface area (Å²) in [5.41, 5.74) is 2.10. The van der Waals surface area contributed by atoms with Gasteiger partial charge in [-0.2, -0.15) is 0 Å². The number of halogens is 1. The summed E-state index contributed by atoms with van der Waals surface area (Å²) in [6, 6.07) is 15.9. The number of benzene rings is 2. The predicted molar refractivity (Wildman–Crippen MR) is 99.0 cm³/mol. The lowest BCUT2D eigenvalue weighted by Gasteiger charge is -2.47. The van der Waals surface area contributed by atoms with Crippen LogP contribution in [0.25, 0.3) is 6.08 Å². The fraction of sp³-hybridized carbons (Fsp3) is 0.286. The van der Waals surface area contributed by atoms with Gasteiger partial charge < -0.3 is 9.64 Å². The third-order valence-electron chi connectivity index (χ3n) is 5.09. The fourth-order valence-corrected chi connectivity index (χ4v) is 3.75. The van der Waals surface area contributed by atoms with Crippen LogP contribution in [0.1, 0.15) is 18.4 Å². The number of nitrogens with one attached hydrogen (secondary N) is 1. The van der Waals surface area contributed by atoms with Gasteiger partial charge in [-0.05, 0) is 37.1 Å². The Bertz CT molecular complexity index is 814. The van der Waals surface area contributed by atoms with Gasteiger partial charge in [0, 0.05) is 30.3 Å². The summed E-state index contributed by atoms with van der Waals surface area (Å²) in [4.78, 5) is 14.6. The van der Waals surface area contributed by atoms with E-state index in [9.17, 15) is 9.18 Å². The molecule has 3 aliphatic rings. The van der Waals surface area contributed by atoms with Crippen LogP contribution in [-0.4, -0.2) is 30.2 Å². The SMILES string of the molecule is O=C(Nc1ccccc1)O[C@H]1/C(=C/c2ccccc2F)N2CCC1CC2. The van der Waals surface area contributed by atoms with E-state index >= 15 is 0 Å². The number of rotatable bonds is 3. The number of piperidine rings is 3. The van der Waals surface area contributed by atoms with Crippen LogP contribution in [0.5, 0.6) is 0 Å². The first-order chi connectivity index (χ1) is 12.7. The van der Waals surface area contributed by atoms with E-state index in [1.165, 1.54) is 6.07 Å². The van der Waals surface area contributed by atoms with Crippen molar-refractivity contribution in [2.75, 3.05) is 18.4 Å². The molecule has 3 saturated heterocycles. The Balaban J connectivity index is 1.56. The first-order valence-corrected chi connectivity index (χ1v) is 8.94. The van der Waals surface area contributed by atoms with Crippen molar-refractivity contribution in [3.05, 3.63) is 71.7 Å². The number of fused-ring (bicyclic) bond motifs is 3. The maximum absolute atomic E-state index is 14.1. The van der Waals surface area contributed by atoms with Gasteiger partial charge >= 0.3 is 6.09 Å². The van der Waals surface area contributed by atoms with E-state index < -0.39 is 6.09 Å². The summed E-state index contributed by atoms with van der Waals surface area (Å²) in [6.45, 7) is 1.84. The highest BCUT2D eigenvalue weighted by atomic mass is 19.1. The highest BCUT2D eigenvalue weighted by molar-refractivity contribution is 5.84. The van der Waals surface area contributed by atoms with Crippen molar-refractivity contribution in [3.63, 3.8) is 0 Å². The average Bonchev–Trinajstić information content (AvgIpc) is 2.67. The zero-order valence-electron chi connectivity index (χ0n) is 14.4. The fourth-order valence-electron chi connectivity index (χ4n) is 3.75. The van der Waals surface area contributed by atoms with Gasteiger partial charge in [0.15, 0.2) is 0 Å². The standard InChI is InChI=1S/C21H21FN2O2/c22-18-9-5-4-6-16(18)14-19-20(15-10-12-24(19)13-11-15)26-21(25)23-17-7-2-1-3-8-17/h1-9,14-15,20H,10-13H2,(H,23,25)/b19-14-/t20-/m1/s1. The molecule has 5 rings (SSSR count). The van der Waals surface area contributed by atoms with Crippen molar-refractivity contribution in [1.29, 1.82) is 0 Å². The lowest BCUT2D eigenvalue weighted by atomic mass is 9.82. The maximum Gasteiger partial charge on any atom is 0.412 e. The largest absolute Gasteiger partial charge is 0.439 e. The van der Waals surface area contributed by atoms with Crippen LogP contribution in [-0.2, 0) is 4.74 Å². The van der Waals surface area contributed by atoms with Crippen molar-refractivity contribution in [2.45, 2.75) is 18.9 Å². The van der Waals surface area contributed by atoms with Gasteiger partial charge in [0.1, 0.15) is 11.9 Å². The molecule has 134 valence electrons. The molecule has 0 saturated carbocycles. The molecule has 5 heteroatoms. The van der Waals surface area contributed by atoms with Gasteiger partial charge in [-0.15, -0.1) is 0 Å². The minimum atomic E-state index is -0.477. The highest BCUT2D eigenvalue weighted by Crippen LogP contribution is 2.38.